The van der Waals surface area contributed by atoms with Crippen LogP contribution in [0.3, 0.4) is 0 Å². The monoisotopic (exact) mass is 344 g/mol. The standard InChI is InChI=1S/C15H21ClN2O3S/c1-11-6-8-18(9-7-11)15(19)12-4-5-13(16)14(10-12)22(20,21)17(2)3/h4-5,10-11H,6-9H2,1-3H3. The van der Waals surface area contributed by atoms with E-state index in [0.29, 0.717) is 24.6 Å². The number of rotatable bonds is 3. The number of hydrogen-bond acceptors (Lipinski definition) is 3. The lowest BCUT2D eigenvalue weighted by Gasteiger charge is -2.30. The summed E-state index contributed by atoms with van der Waals surface area (Å²) in [7, 11) is -0.799. The van der Waals surface area contributed by atoms with Gasteiger partial charge in [0.2, 0.25) is 10.0 Å². The molecule has 1 aromatic carbocycles. The van der Waals surface area contributed by atoms with E-state index in [1.807, 2.05) is 0 Å². The highest BCUT2D eigenvalue weighted by Gasteiger charge is 2.25. The van der Waals surface area contributed by atoms with E-state index in [4.69, 9.17) is 11.6 Å². The van der Waals surface area contributed by atoms with Crippen molar-refractivity contribution < 1.29 is 13.2 Å². The van der Waals surface area contributed by atoms with Crippen LogP contribution in [0, 0.1) is 5.92 Å². The molecule has 0 radical (unpaired) electrons. The van der Waals surface area contributed by atoms with E-state index in [-0.39, 0.29) is 15.8 Å². The zero-order valence-electron chi connectivity index (χ0n) is 13.0. The van der Waals surface area contributed by atoms with Crippen molar-refractivity contribution in [1.82, 2.24) is 9.21 Å². The molecule has 1 aliphatic heterocycles. The topological polar surface area (TPSA) is 57.7 Å². The average Bonchev–Trinajstić information content (AvgIpc) is 2.47. The predicted molar refractivity (Wildman–Crippen MR) is 86.6 cm³/mol. The van der Waals surface area contributed by atoms with Crippen molar-refractivity contribution in [2.45, 2.75) is 24.7 Å². The van der Waals surface area contributed by atoms with Gasteiger partial charge in [0.15, 0.2) is 0 Å². The molecule has 1 aromatic rings. The van der Waals surface area contributed by atoms with Crippen molar-refractivity contribution in [3.05, 3.63) is 28.8 Å². The van der Waals surface area contributed by atoms with E-state index >= 15 is 0 Å². The van der Waals surface area contributed by atoms with Crippen molar-refractivity contribution in [1.29, 1.82) is 0 Å². The molecule has 0 spiro atoms. The van der Waals surface area contributed by atoms with Crippen LogP contribution in [0.4, 0.5) is 0 Å². The highest BCUT2D eigenvalue weighted by Crippen LogP contribution is 2.26. The van der Waals surface area contributed by atoms with Crippen molar-refractivity contribution >= 4 is 27.5 Å². The summed E-state index contributed by atoms with van der Waals surface area (Å²) < 4.78 is 25.6. The fourth-order valence-electron chi connectivity index (χ4n) is 2.43. The minimum atomic E-state index is -3.67. The van der Waals surface area contributed by atoms with E-state index in [1.54, 1.807) is 11.0 Å². The fraction of sp³-hybridized carbons (Fsp3) is 0.533. The second kappa shape index (κ2) is 6.56. The summed E-state index contributed by atoms with van der Waals surface area (Å²) in [4.78, 5) is 14.3. The van der Waals surface area contributed by atoms with E-state index < -0.39 is 10.0 Å². The van der Waals surface area contributed by atoms with Gasteiger partial charge in [-0.15, -0.1) is 0 Å². The van der Waals surface area contributed by atoms with Crippen molar-refractivity contribution in [3.63, 3.8) is 0 Å². The van der Waals surface area contributed by atoms with E-state index in [1.165, 1.54) is 26.2 Å². The van der Waals surface area contributed by atoms with Crippen LogP contribution in [0.1, 0.15) is 30.1 Å². The maximum atomic E-state index is 12.5. The van der Waals surface area contributed by atoms with Gasteiger partial charge in [-0.3, -0.25) is 4.79 Å². The first-order valence-corrected chi connectivity index (χ1v) is 9.06. The average molecular weight is 345 g/mol. The third-order valence-electron chi connectivity index (χ3n) is 4.01. The quantitative estimate of drug-likeness (QED) is 0.846. The van der Waals surface area contributed by atoms with Crippen LogP contribution in [-0.2, 0) is 10.0 Å². The molecule has 1 heterocycles. The van der Waals surface area contributed by atoms with Gasteiger partial charge in [0.25, 0.3) is 5.91 Å². The molecule has 2 rings (SSSR count). The Balaban J connectivity index is 2.32. The third-order valence-corrected chi connectivity index (χ3v) is 6.30. The highest BCUT2D eigenvalue weighted by molar-refractivity contribution is 7.89. The highest BCUT2D eigenvalue weighted by atomic mass is 35.5. The molecule has 1 aliphatic rings. The molecule has 0 bridgehead atoms. The first-order chi connectivity index (χ1) is 10.2. The van der Waals surface area contributed by atoms with Gasteiger partial charge in [-0.2, -0.15) is 0 Å². The van der Waals surface area contributed by atoms with Crippen LogP contribution >= 0.6 is 11.6 Å². The van der Waals surface area contributed by atoms with Crippen molar-refractivity contribution in [2.75, 3.05) is 27.2 Å². The lowest BCUT2D eigenvalue weighted by atomic mass is 9.98. The Hall–Kier alpha value is -1.11. The number of nitrogens with zero attached hydrogens (tertiary/aromatic N) is 2. The van der Waals surface area contributed by atoms with Crippen LogP contribution < -0.4 is 0 Å². The summed E-state index contributed by atoms with van der Waals surface area (Å²) in [6.07, 6.45) is 1.95. The van der Waals surface area contributed by atoms with Gasteiger partial charge in [0.1, 0.15) is 4.90 Å². The fourth-order valence-corrected chi connectivity index (χ4v) is 3.82. The zero-order chi connectivity index (χ0) is 16.5. The number of hydrogen-bond donors (Lipinski definition) is 0. The second-order valence-electron chi connectivity index (χ2n) is 5.91. The third kappa shape index (κ3) is 3.45. The predicted octanol–water partition coefficient (Wildman–Crippen LogP) is 2.46. The molecule has 0 saturated carbocycles. The number of piperidine rings is 1. The number of amides is 1. The van der Waals surface area contributed by atoms with Gasteiger partial charge in [0, 0.05) is 32.7 Å². The van der Waals surface area contributed by atoms with Gasteiger partial charge in [0.05, 0.1) is 5.02 Å². The van der Waals surface area contributed by atoms with Gasteiger partial charge < -0.3 is 4.90 Å². The summed E-state index contributed by atoms with van der Waals surface area (Å²) in [6.45, 7) is 3.59. The largest absolute Gasteiger partial charge is 0.339 e. The van der Waals surface area contributed by atoms with Gasteiger partial charge >= 0.3 is 0 Å². The first-order valence-electron chi connectivity index (χ1n) is 7.25. The number of carbonyl (C=O) groups is 1. The number of sulfonamides is 1. The number of halogens is 1. The van der Waals surface area contributed by atoms with Gasteiger partial charge in [-0.1, -0.05) is 18.5 Å². The molecule has 22 heavy (non-hydrogen) atoms. The smallest absolute Gasteiger partial charge is 0.253 e. The molecule has 0 aliphatic carbocycles. The number of benzene rings is 1. The summed E-state index contributed by atoms with van der Waals surface area (Å²) in [6, 6.07) is 4.42. The summed E-state index contributed by atoms with van der Waals surface area (Å²) in [5.41, 5.74) is 0.361. The second-order valence-corrected chi connectivity index (χ2v) is 8.43. The maximum absolute atomic E-state index is 12.5. The molecule has 1 saturated heterocycles. The van der Waals surface area contributed by atoms with Crippen LogP contribution in [0.2, 0.25) is 5.02 Å². The molecule has 122 valence electrons. The minimum absolute atomic E-state index is 0.0320. The van der Waals surface area contributed by atoms with Crippen LogP contribution in [0.15, 0.2) is 23.1 Å². The maximum Gasteiger partial charge on any atom is 0.253 e. The molecule has 7 heteroatoms. The van der Waals surface area contributed by atoms with Crippen LogP contribution in [0.5, 0.6) is 0 Å². The SMILES string of the molecule is CC1CCN(C(=O)c2ccc(Cl)c(S(=O)(=O)N(C)C)c2)CC1. The molecular weight excluding hydrogens is 324 g/mol. The van der Waals surface area contributed by atoms with E-state index in [2.05, 4.69) is 6.92 Å². The Kier molecular flexibility index (Phi) is 5.14. The van der Waals surface area contributed by atoms with E-state index in [0.717, 1.165) is 17.1 Å². The summed E-state index contributed by atoms with van der Waals surface area (Å²) in [5.74, 6) is 0.484. The first kappa shape index (κ1) is 17.2. The van der Waals surface area contributed by atoms with Crippen molar-refractivity contribution in [2.24, 2.45) is 5.92 Å². The van der Waals surface area contributed by atoms with Crippen LogP contribution in [0.25, 0.3) is 0 Å². The summed E-state index contributed by atoms with van der Waals surface area (Å²) in [5, 5.41) is 0.123. The van der Waals surface area contributed by atoms with E-state index in [9.17, 15) is 13.2 Å². The van der Waals surface area contributed by atoms with Crippen LogP contribution in [-0.4, -0.2) is 50.7 Å². The summed E-state index contributed by atoms with van der Waals surface area (Å²) >= 11 is 6.00. The normalized spacial score (nSPS) is 17.0. The number of likely N-dealkylation sites (tertiary alicyclic amines) is 1. The molecular formula is C15H21ClN2O3S. The van der Waals surface area contributed by atoms with Crippen molar-refractivity contribution in [3.8, 4) is 0 Å². The lowest BCUT2D eigenvalue weighted by molar-refractivity contribution is 0.0697. The lowest BCUT2D eigenvalue weighted by Crippen LogP contribution is -2.38. The number of carbonyl (C=O) groups excluding carboxylic acids is 1. The Morgan fingerprint density at radius 1 is 1.27 bits per heavy atom. The molecule has 0 atom stereocenters. The molecule has 0 aromatic heterocycles. The Morgan fingerprint density at radius 2 is 1.86 bits per heavy atom. The molecule has 5 nitrogen and oxygen atoms in total. The Labute approximate surface area is 136 Å². The molecule has 0 unspecified atom stereocenters. The van der Waals surface area contributed by atoms with Gasteiger partial charge in [-0.25, -0.2) is 12.7 Å². The molecule has 1 fully saturated rings. The zero-order valence-corrected chi connectivity index (χ0v) is 14.6. The minimum Gasteiger partial charge on any atom is -0.339 e. The Morgan fingerprint density at radius 3 is 2.41 bits per heavy atom. The molecule has 0 N–H and O–H groups in total. The Bertz CT molecular complexity index is 665. The molecule has 1 amide bonds. The van der Waals surface area contributed by atoms with Gasteiger partial charge in [-0.05, 0) is 37.0 Å².